The Labute approximate surface area is 192 Å². The molecule has 2 aliphatic heterocycles. The summed E-state index contributed by atoms with van der Waals surface area (Å²) < 4.78 is 57.1. The Hall–Kier alpha value is -2.62. The van der Waals surface area contributed by atoms with E-state index in [2.05, 4.69) is 10.2 Å². The molecule has 1 N–H and O–H groups in total. The number of rotatable bonds is 4. The maximum absolute atomic E-state index is 15.2. The summed E-state index contributed by atoms with van der Waals surface area (Å²) in [6, 6.07) is 9.19. The summed E-state index contributed by atoms with van der Waals surface area (Å²) in [5, 5.41) is 4.22. The number of nitrogens with one attached hydrogen (secondary N) is 1. The smallest absolute Gasteiger partial charge is 0.243 e. The Morgan fingerprint density at radius 1 is 0.939 bits per heavy atom. The highest BCUT2D eigenvalue weighted by Crippen LogP contribution is 2.34. The van der Waals surface area contributed by atoms with Gasteiger partial charge in [0.15, 0.2) is 0 Å². The first-order valence-electron chi connectivity index (χ1n) is 11.2. The van der Waals surface area contributed by atoms with E-state index in [9.17, 15) is 8.42 Å². The number of pyridine rings is 1. The van der Waals surface area contributed by atoms with E-state index in [1.54, 1.807) is 12.1 Å². The minimum absolute atomic E-state index is 0.241. The molecule has 174 valence electrons. The van der Waals surface area contributed by atoms with Crippen LogP contribution >= 0.6 is 0 Å². The van der Waals surface area contributed by atoms with Crippen molar-refractivity contribution in [3.63, 3.8) is 0 Å². The van der Waals surface area contributed by atoms with Gasteiger partial charge in [-0.2, -0.15) is 4.31 Å². The minimum atomic E-state index is -3.91. The molecule has 1 aromatic heterocycles. The lowest BCUT2D eigenvalue weighted by molar-refractivity contribution is 0.475. The fraction of sp³-hybridized carbons (Fsp3) is 0.375. The van der Waals surface area contributed by atoms with Crippen LogP contribution in [0.1, 0.15) is 18.4 Å². The van der Waals surface area contributed by atoms with Gasteiger partial charge in [0, 0.05) is 44.7 Å². The summed E-state index contributed by atoms with van der Waals surface area (Å²) in [5.41, 5.74) is 1.59. The van der Waals surface area contributed by atoms with Crippen molar-refractivity contribution >= 4 is 26.7 Å². The highest BCUT2D eigenvalue weighted by molar-refractivity contribution is 7.89. The average molecular weight is 473 g/mol. The van der Waals surface area contributed by atoms with Gasteiger partial charge < -0.3 is 10.2 Å². The average Bonchev–Trinajstić information content (AvgIpc) is 3.35. The summed E-state index contributed by atoms with van der Waals surface area (Å²) >= 11 is 0. The van der Waals surface area contributed by atoms with Crippen molar-refractivity contribution in [2.24, 2.45) is 0 Å². The number of nitrogens with zero attached hydrogens (tertiary/aromatic N) is 3. The van der Waals surface area contributed by atoms with Crippen LogP contribution in [-0.2, 0) is 10.0 Å². The molecule has 2 aliphatic rings. The highest BCUT2D eigenvalue weighted by Gasteiger charge is 2.29. The van der Waals surface area contributed by atoms with E-state index in [4.69, 9.17) is 4.98 Å². The van der Waals surface area contributed by atoms with E-state index >= 15 is 8.78 Å². The number of sulfonamides is 1. The molecule has 3 heterocycles. The van der Waals surface area contributed by atoms with Crippen LogP contribution in [0.25, 0.3) is 22.0 Å². The first-order valence-corrected chi connectivity index (χ1v) is 12.7. The van der Waals surface area contributed by atoms with Gasteiger partial charge in [0.1, 0.15) is 17.5 Å². The number of benzene rings is 2. The second kappa shape index (κ2) is 8.62. The summed E-state index contributed by atoms with van der Waals surface area (Å²) in [6.45, 7) is 6.06. The van der Waals surface area contributed by atoms with E-state index in [0.29, 0.717) is 24.2 Å². The lowest BCUT2D eigenvalue weighted by Gasteiger charge is -2.28. The molecule has 0 aliphatic carbocycles. The molecule has 0 saturated carbocycles. The standard InChI is InChI=1S/C24H26F2N4O2S/c1-16-12-17(13-22-19(16)4-5-23(28-22)29-10-6-27-7-11-29)24-20(25)14-18(15-21(24)26)33(31,32)30-8-2-3-9-30/h4-5,12-15,27H,2-3,6-11H2,1H3. The van der Waals surface area contributed by atoms with Gasteiger partial charge in [-0.25, -0.2) is 22.2 Å². The fourth-order valence-corrected chi connectivity index (χ4v) is 6.22. The second-order valence-corrected chi connectivity index (χ2v) is 10.6. The van der Waals surface area contributed by atoms with Crippen LogP contribution in [0, 0.1) is 18.6 Å². The second-order valence-electron chi connectivity index (χ2n) is 8.64. The topological polar surface area (TPSA) is 65.5 Å². The number of piperazine rings is 1. The van der Waals surface area contributed by atoms with Crippen LogP contribution in [0.4, 0.5) is 14.6 Å². The third-order valence-corrected chi connectivity index (χ3v) is 8.32. The predicted molar refractivity (Wildman–Crippen MR) is 125 cm³/mol. The van der Waals surface area contributed by atoms with E-state index in [-0.39, 0.29) is 10.5 Å². The Bertz CT molecular complexity index is 1290. The number of aromatic nitrogens is 1. The predicted octanol–water partition coefficient (Wildman–Crippen LogP) is 3.68. The van der Waals surface area contributed by atoms with Crippen LogP contribution in [0.5, 0.6) is 0 Å². The Kier molecular flexibility index (Phi) is 5.80. The molecule has 2 aromatic carbocycles. The first kappa shape index (κ1) is 22.2. The molecular weight excluding hydrogens is 446 g/mol. The number of hydrogen-bond donors (Lipinski definition) is 1. The largest absolute Gasteiger partial charge is 0.354 e. The van der Waals surface area contributed by atoms with Crippen molar-refractivity contribution < 1.29 is 17.2 Å². The molecule has 0 unspecified atom stereocenters. The van der Waals surface area contributed by atoms with Crippen molar-refractivity contribution in [2.45, 2.75) is 24.7 Å². The molecule has 0 radical (unpaired) electrons. The number of anilines is 1. The summed E-state index contributed by atoms with van der Waals surface area (Å²) in [4.78, 5) is 6.60. The fourth-order valence-electron chi connectivity index (χ4n) is 4.67. The summed E-state index contributed by atoms with van der Waals surface area (Å²) in [6.07, 6.45) is 1.50. The number of halogens is 2. The molecule has 0 spiro atoms. The van der Waals surface area contributed by atoms with Gasteiger partial charge in [-0.15, -0.1) is 0 Å². The van der Waals surface area contributed by atoms with E-state index in [0.717, 1.165) is 67.9 Å². The Balaban J connectivity index is 1.56. The van der Waals surface area contributed by atoms with Crippen molar-refractivity contribution in [1.82, 2.24) is 14.6 Å². The highest BCUT2D eigenvalue weighted by atomic mass is 32.2. The maximum Gasteiger partial charge on any atom is 0.243 e. The van der Waals surface area contributed by atoms with Crippen molar-refractivity contribution in [1.29, 1.82) is 0 Å². The minimum Gasteiger partial charge on any atom is -0.354 e. The molecule has 0 amide bonds. The molecule has 3 aromatic rings. The molecule has 6 nitrogen and oxygen atoms in total. The quantitative estimate of drug-likeness (QED) is 0.628. The van der Waals surface area contributed by atoms with Crippen LogP contribution in [0.2, 0.25) is 0 Å². The van der Waals surface area contributed by atoms with Crippen LogP contribution < -0.4 is 10.2 Å². The van der Waals surface area contributed by atoms with Gasteiger partial charge >= 0.3 is 0 Å². The Morgan fingerprint density at radius 2 is 1.61 bits per heavy atom. The zero-order valence-corrected chi connectivity index (χ0v) is 19.3. The molecule has 0 atom stereocenters. The third-order valence-electron chi connectivity index (χ3n) is 6.45. The van der Waals surface area contributed by atoms with Crippen LogP contribution in [0.15, 0.2) is 41.3 Å². The maximum atomic E-state index is 15.2. The molecule has 5 rings (SSSR count). The van der Waals surface area contributed by atoms with Gasteiger partial charge in [0.2, 0.25) is 10.0 Å². The molecule has 33 heavy (non-hydrogen) atoms. The number of fused-ring (bicyclic) bond motifs is 1. The Morgan fingerprint density at radius 3 is 2.27 bits per heavy atom. The molecule has 9 heteroatoms. The zero-order chi connectivity index (χ0) is 23.2. The van der Waals surface area contributed by atoms with E-state index in [1.165, 1.54) is 4.31 Å². The van der Waals surface area contributed by atoms with Crippen LogP contribution in [0.3, 0.4) is 0 Å². The lowest BCUT2D eigenvalue weighted by atomic mass is 9.99. The monoisotopic (exact) mass is 472 g/mol. The first-order chi connectivity index (χ1) is 15.8. The van der Waals surface area contributed by atoms with Gasteiger partial charge in [-0.05, 0) is 61.2 Å². The van der Waals surface area contributed by atoms with Gasteiger partial charge in [-0.3, -0.25) is 0 Å². The third kappa shape index (κ3) is 4.09. The van der Waals surface area contributed by atoms with Crippen molar-refractivity contribution in [3.05, 3.63) is 53.6 Å². The van der Waals surface area contributed by atoms with E-state index < -0.39 is 21.7 Å². The van der Waals surface area contributed by atoms with Gasteiger partial charge in [-0.1, -0.05) is 6.07 Å². The number of aryl methyl sites for hydroxylation is 1. The summed E-state index contributed by atoms with van der Waals surface area (Å²) in [7, 11) is -3.91. The van der Waals surface area contributed by atoms with E-state index in [1.807, 2.05) is 19.1 Å². The summed E-state index contributed by atoms with van der Waals surface area (Å²) in [5.74, 6) is -0.969. The number of hydrogen-bond acceptors (Lipinski definition) is 5. The molecular formula is C24H26F2N4O2S. The van der Waals surface area contributed by atoms with Crippen molar-refractivity contribution in [2.75, 3.05) is 44.2 Å². The molecule has 2 fully saturated rings. The zero-order valence-electron chi connectivity index (χ0n) is 18.4. The molecule has 0 bridgehead atoms. The lowest BCUT2D eigenvalue weighted by Crippen LogP contribution is -2.43. The van der Waals surface area contributed by atoms with Crippen LogP contribution in [-0.4, -0.2) is 57.0 Å². The van der Waals surface area contributed by atoms with Gasteiger partial charge in [0.25, 0.3) is 0 Å². The van der Waals surface area contributed by atoms with Crippen molar-refractivity contribution in [3.8, 4) is 11.1 Å². The normalized spacial score (nSPS) is 17.7. The SMILES string of the molecule is Cc1cc(-c2c(F)cc(S(=O)(=O)N3CCCC3)cc2F)cc2nc(N3CCNCC3)ccc12. The molecule has 2 saturated heterocycles. The van der Waals surface area contributed by atoms with Gasteiger partial charge in [0.05, 0.1) is 16.0 Å².